The molecule has 1 aromatic carbocycles. The van der Waals surface area contributed by atoms with Gasteiger partial charge in [-0.2, -0.15) is 5.01 Å². The highest BCUT2D eigenvalue weighted by atomic mass is 127. The molecule has 0 spiro atoms. The minimum Gasteiger partial charge on any atom is -0.337 e. The quantitative estimate of drug-likeness (QED) is 0.323. The van der Waals surface area contributed by atoms with Crippen LogP contribution in [0.1, 0.15) is 25.3 Å². The number of piperazine rings is 1. The molecule has 0 bridgehead atoms. The molecule has 0 saturated carbocycles. The molecule has 0 aromatic heterocycles. The second-order valence-corrected chi connectivity index (χ2v) is 8.39. The summed E-state index contributed by atoms with van der Waals surface area (Å²) in [6.07, 6.45) is 0.622. The van der Waals surface area contributed by atoms with Gasteiger partial charge < -0.3 is 15.1 Å². The van der Waals surface area contributed by atoms with Crippen LogP contribution in [-0.2, 0) is 16.1 Å². The van der Waals surface area contributed by atoms with E-state index in [1.807, 2.05) is 37.3 Å². The minimum atomic E-state index is -0.638. The molecule has 30 heavy (non-hydrogen) atoms. The summed E-state index contributed by atoms with van der Waals surface area (Å²) < 4.78 is 0.481. The van der Waals surface area contributed by atoms with E-state index in [9.17, 15) is 14.4 Å². The summed E-state index contributed by atoms with van der Waals surface area (Å²) in [5.41, 5.74) is 0.989. The standard InChI is InChI=1S/C20H27ClIN5O3/c1-2-10-24-12-17-26(16(8-9-21)19(24)29)18(28)13-25(14-22)27(17)20(30)23-11-15-6-4-3-5-7-15/h3-7,16-17H,2,8-14H2,1H3,(H,23,30)/t16-,17-/m0/s1. The summed E-state index contributed by atoms with van der Waals surface area (Å²) in [5.74, 6) is 0.0290. The Kier molecular flexibility index (Phi) is 8.18. The van der Waals surface area contributed by atoms with E-state index in [1.165, 1.54) is 0 Å². The number of alkyl halides is 2. The SMILES string of the molecule is CCCN1C[C@H]2N(C(=O)CN(CI)N2C(=O)NCc2ccccc2)[C@@H](CCCl)C1=O. The largest absolute Gasteiger partial charge is 0.337 e. The van der Waals surface area contributed by atoms with E-state index in [2.05, 4.69) is 27.9 Å². The van der Waals surface area contributed by atoms with E-state index in [0.29, 0.717) is 30.6 Å². The van der Waals surface area contributed by atoms with Crippen molar-refractivity contribution in [3.63, 3.8) is 0 Å². The molecule has 8 nitrogen and oxygen atoms in total. The second kappa shape index (κ2) is 10.6. The van der Waals surface area contributed by atoms with Crippen molar-refractivity contribution in [3.05, 3.63) is 35.9 Å². The van der Waals surface area contributed by atoms with Crippen LogP contribution in [0.2, 0.25) is 0 Å². The normalized spacial score (nSPS) is 22.3. The maximum atomic E-state index is 13.2. The molecular formula is C20H27ClIN5O3. The molecule has 2 saturated heterocycles. The third-order valence-electron chi connectivity index (χ3n) is 5.34. The number of nitrogens with one attached hydrogen (secondary N) is 1. The van der Waals surface area contributed by atoms with Crippen LogP contribution in [0.4, 0.5) is 4.79 Å². The average molecular weight is 548 g/mol. The number of urea groups is 1. The van der Waals surface area contributed by atoms with Crippen molar-refractivity contribution in [2.24, 2.45) is 0 Å². The summed E-state index contributed by atoms with van der Waals surface area (Å²) in [6, 6.07) is 8.74. The Morgan fingerprint density at radius 3 is 2.63 bits per heavy atom. The summed E-state index contributed by atoms with van der Waals surface area (Å²) in [5, 5.41) is 6.30. The molecule has 2 fully saturated rings. The van der Waals surface area contributed by atoms with Crippen molar-refractivity contribution in [1.82, 2.24) is 25.1 Å². The number of benzene rings is 1. The Morgan fingerprint density at radius 1 is 1.27 bits per heavy atom. The van der Waals surface area contributed by atoms with Gasteiger partial charge in [-0.3, -0.25) is 9.59 Å². The van der Waals surface area contributed by atoms with E-state index >= 15 is 0 Å². The van der Waals surface area contributed by atoms with Crippen molar-refractivity contribution in [2.45, 2.75) is 38.5 Å². The lowest BCUT2D eigenvalue weighted by molar-refractivity contribution is -0.187. The molecule has 2 aliphatic rings. The van der Waals surface area contributed by atoms with Crippen LogP contribution in [0.3, 0.4) is 0 Å². The van der Waals surface area contributed by atoms with Gasteiger partial charge in [-0.05, 0) is 18.4 Å². The fourth-order valence-corrected chi connectivity index (χ4v) is 4.78. The maximum absolute atomic E-state index is 13.2. The van der Waals surface area contributed by atoms with Gasteiger partial charge >= 0.3 is 6.03 Å². The zero-order valence-electron chi connectivity index (χ0n) is 17.0. The molecule has 1 N–H and O–H groups in total. The van der Waals surface area contributed by atoms with Crippen LogP contribution in [0, 0.1) is 0 Å². The third kappa shape index (κ3) is 4.83. The molecule has 2 aliphatic heterocycles. The number of fused-ring (bicyclic) bond motifs is 1. The molecule has 3 rings (SSSR count). The molecule has 1 aromatic rings. The topological polar surface area (TPSA) is 76.2 Å². The fraction of sp³-hybridized carbons (Fsp3) is 0.550. The van der Waals surface area contributed by atoms with E-state index in [-0.39, 0.29) is 30.3 Å². The first kappa shape index (κ1) is 23.1. The van der Waals surface area contributed by atoms with Gasteiger partial charge in [0.25, 0.3) is 0 Å². The van der Waals surface area contributed by atoms with Gasteiger partial charge in [-0.15, -0.1) is 11.6 Å². The first-order valence-electron chi connectivity index (χ1n) is 10.1. The number of rotatable bonds is 7. The van der Waals surface area contributed by atoms with E-state index in [4.69, 9.17) is 11.6 Å². The van der Waals surface area contributed by atoms with Crippen LogP contribution >= 0.6 is 34.2 Å². The monoisotopic (exact) mass is 547 g/mol. The lowest BCUT2D eigenvalue weighted by atomic mass is 10.0. The molecule has 4 amide bonds. The van der Waals surface area contributed by atoms with Crippen molar-refractivity contribution in [3.8, 4) is 0 Å². The Bertz CT molecular complexity index is 768. The highest BCUT2D eigenvalue weighted by Gasteiger charge is 2.50. The first-order chi connectivity index (χ1) is 14.5. The predicted molar refractivity (Wildman–Crippen MR) is 123 cm³/mol. The van der Waals surface area contributed by atoms with E-state index < -0.39 is 12.2 Å². The lowest BCUT2D eigenvalue weighted by Crippen LogP contribution is -2.76. The van der Waals surface area contributed by atoms with Crippen LogP contribution < -0.4 is 5.32 Å². The van der Waals surface area contributed by atoms with Crippen molar-refractivity contribution in [1.29, 1.82) is 0 Å². The zero-order chi connectivity index (χ0) is 21.7. The number of amides is 4. The number of halogens is 2. The number of hydrazine groups is 1. The van der Waals surface area contributed by atoms with Crippen LogP contribution in [0.5, 0.6) is 0 Å². The van der Waals surface area contributed by atoms with Crippen LogP contribution in [0.15, 0.2) is 30.3 Å². The van der Waals surface area contributed by atoms with Gasteiger partial charge in [0, 0.05) is 19.0 Å². The van der Waals surface area contributed by atoms with Gasteiger partial charge in [0.1, 0.15) is 12.2 Å². The number of nitrogens with zero attached hydrogens (tertiary/aromatic N) is 4. The Hall–Kier alpha value is -1.59. The van der Waals surface area contributed by atoms with Crippen molar-refractivity contribution in [2.75, 3.05) is 30.1 Å². The zero-order valence-corrected chi connectivity index (χ0v) is 19.9. The minimum absolute atomic E-state index is 0.0536. The number of hydrogen-bond donors (Lipinski definition) is 1. The van der Waals surface area contributed by atoms with Crippen LogP contribution in [-0.4, -0.2) is 79.9 Å². The summed E-state index contributed by atoms with van der Waals surface area (Å²) in [7, 11) is 0. The Balaban J connectivity index is 1.86. The van der Waals surface area contributed by atoms with Crippen molar-refractivity contribution >= 4 is 52.0 Å². The first-order valence-corrected chi connectivity index (χ1v) is 12.2. The predicted octanol–water partition coefficient (Wildman–Crippen LogP) is 2.23. The lowest BCUT2D eigenvalue weighted by Gasteiger charge is -2.54. The van der Waals surface area contributed by atoms with E-state index in [1.54, 1.807) is 19.8 Å². The van der Waals surface area contributed by atoms with Gasteiger partial charge in [-0.25, -0.2) is 9.80 Å². The smallest absolute Gasteiger partial charge is 0.334 e. The maximum Gasteiger partial charge on any atom is 0.334 e. The third-order valence-corrected chi connectivity index (χ3v) is 6.34. The van der Waals surface area contributed by atoms with Gasteiger partial charge in [0.05, 0.1) is 17.6 Å². The van der Waals surface area contributed by atoms with Crippen LogP contribution in [0.25, 0.3) is 0 Å². The summed E-state index contributed by atoms with van der Waals surface area (Å²) >= 11 is 8.11. The molecule has 2 heterocycles. The molecule has 164 valence electrons. The number of carbonyl (C=O) groups is 3. The van der Waals surface area contributed by atoms with Gasteiger partial charge in [0.15, 0.2) is 0 Å². The molecule has 0 aliphatic carbocycles. The number of carbonyl (C=O) groups excluding carboxylic acids is 3. The highest BCUT2D eigenvalue weighted by Crippen LogP contribution is 2.28. The van der Waals surface area contributed by atoms with E-state index in [0.717, 1.165) is 12.0 Å². The molecular weight excluding hydrogens is 521 g/mol. The average Bonchev–Trinajstić information content (AvgIpc) is 2.75. The summed E-state index contributed by atoms with van der Waals surface area (Å²) in [4.78, 5) is 42.5. The fourth-order valence-electron chi connectivity index (χ4n) is 4.01. The van der Waals surface area contributed by atoms with Crippen molar-refractivity contribution < 1.29 is 14.4 Å². The molecule has 2 atom stereocenters. The summed E-state index contributed by atoms with van der Waals surface area (Å²) in [6.45, 7) is 3.32. The Morgan fingerprint density at radius 2 is 2.00 bits per heavy atom. The van der Waals surface area contributed by atoms with Gasteiger partial charge in [0.2, 0.25) is 11.8 Å². The highest BCUT2D eigenvalue weighted by molar-refractivity contribution is 14.1. The molecule has 0 unspecified atom stereocenters. The molecule has 0 radical (unpaired) electrons. The molecule has 10 heteroatoms. The Labute approximate surface area is 195 Å². The number of hydrogen-bond acceptors (Lipinski definition) is 4. The van der Waals surface area contributed by atoms with Gasteiger partial charge in [-0.1, -0.05) is 59.8 Å². The second-order valence-electron chi connectivity index (χ2n) is 7.33.